The maximum atomic E-state index is 5.86. The van der Waals surface area contributed by atoms with Gasteiger partial charge in [0.15, 0.2) is 16.1 Å². The van der Waals surface area contributed by atoms with Crippen molar-refractivity contribution in [3.05, 3.63) is 41.6 Å². The van der Waals surface area contributed by atoms with E-state index in [0.717, 1.165) is 12.1 Å². The smallest absolute Gasteiger partial charge is 0.172 e. The van der Waals surface area contributed by atoms with Crippen molar-refractivity contribution in [2.24, 2.45) is 0 Å². The van der Waals surface area contributed by atoms with Crippen LogP contribution in [0.15, 0.2) is 30.7 Å². The molecule has 2 heterocycles. The minimum atomic E-state index is 0.278. The van der Waals surface area contributed by atoms with Crippen LogP contribution in [-0.2, 0) is 6.42 Å². The number of nitrogens with zero attached hydrogens (tertiary/aromatic N) is 4. The summed E-state index contributed by atoms with van der Waals surface area (Å²) in [6.45, 7) is 0.641. The molecule has 19 heavy (non-hydrogen) atoms. The average molecular weight is 295 g/mol. The van der Waals surface area contributed by atoms with Gasteiger partial charge >= 0.3 is 0 Å². The molecule has 0 radical (unpaired) electrons. The largest absolute Gasteiger partial charge is 0.362 e. The van der Waals surface area contributed by atoms with Gasteiger partial charge in [-0.1, -0.05) is 11.6 Å². The van der Waals surface area contributed by atoms with Crippen molar-refractivity contribution in [3.63, 3.8) is 0 Å². The van der Waals surface area contributed by atoms with Crippen LogP contribution in [0.1, 0.15) is 5.69 Å². The molecule has 2 aromatic heterocycles. The number of halogens is 1. The van der Waals surface area contributed by atoms with E-state index in [2.05, 4.69) is 30.8 Å². The zero-order chi connectivity index (χ0) is 13.5. The Kier molecular flexibility index (Phi) is 4.93. The van der Waals surface area contributed by atoms with E-state index < -0.39 is 0 Å². The zero-order valence-corrected chi connectivity index (χ0v) is 11.4. The molecule has 0 aliphatic heterocycles. The molecule has 0 amide bonds. The first kappa shape index (κ1) is 13.6. The first-order chi connectivity index (χ1) is 9.25. The molecular formula is C11H11ClN6S. The van der Waals surface area contributed by atoms with Crippen LogP contribution >= 0.6 is 23.8 Å². The highest BCUT2D eigenvalue weighted by Gasteiger charge is 2.04. The third-order valence-electron chi connectivity index (χ3n) is 2.18. The van der Waals surface area contributed by atoms with Crippen LogP contribution in [0.2, 0.25) is 5.15 Å². The molecule has 0 saturated carbocycles. The van der Waals surface area contributed by atoms with Gasteiger partial charge in [0.25, 0.3) is 0 Å². The second-order valence-corrected chi connectivity index (χ2v) is 4.31. The van der Waals surface area contributed by atoms with Gasteiger partial charge < -0.3 is 10.6 Å². The second-order valence-electron chi connectivity index (χ2n) is 3.54. The summed E-state index contributed by atoms with van der Waals surface area (Å²) in [7, 11) is 0. The standard InChI is InChI=1S/C11H11ClN6S/c12-9-10(14-7-6-13-9)17-11(19)15-5-3-8-2-1-4-16-18-8/h1-2,4,6-7H,3,5H2,(H2,14,15,17,19). The van der Waals surface area contributed by atoms with E-state index in [1.807, 2.05) is 12.1 Å². The number of anilines is 1. The first-order valence-electron chi connectivity index (χ1n) is 5.53. The summed E-state index contributed by atoms with van der Waals surface area (Å²) in [5.41, 5.74) is 0.898. The minimum absolute atomic E-state index is 0.278. The fourth-order valence-electron chi connectivity index (χ4n) is 1.33. The Morgan fingerprint density at radius 2 is 2.11 bits per heavy atom. The van der Waals surface area contributed by atoms with E-state index in [0.29, 0.717) is 17.5 Å². The van der Waals surface area contributed by atoms with Crippen molar-refractivity contribution in [1.29, 1.82) is 0 Å². The van der Waals surface area contributed by atoms with Crippen LogP contribution in [0, 0.1) is 0 Å². The normalized spacial score (nSPS) is 9.95. The molecule has 2 N–H and O–H groups in total. The van der Waals surface area contributed by atoms with Gasteiger partial charge in [-0.05, 0) is 24.4 Å². The lowest BCUT2D eigenvalue weighted by Crippen LogP contribution is -2.30. The van der Waals surface area contributed by atoms with E-state index in [9.17, 15) is 0 Å². The van der Waals surface area contributed by atoms with Gasteiger partial charge in [0, 0.05) is 31.6 Å². The van der Waals surface area contributed by atoms with Gasteiger partial charge in [-0.2, -0.15) is 10.2 Å². The van der Waals surface area contributed by atoms with Crippen molar-refractivity contribution in [1.82, 2.24) is 25.5 Å². The fourth-order valence-corrected chi connectivity index (χ4v) is 1.68. The van der Waals surface area contributed by atoms with Crippen LogP contribution in [-0.4, -0.2) is 31.8 Å². The molecule has 98 valence electrons. The highest BCUT2D eigenvalue weighted by atomic mass is 35.5. The summed E-state index contributed by atoms with van der Waals surface area (Å²) in [6, 6.07) is 3.75. The van der Waals surface area contributed by atoms with Crippen LogP contribution in [0.5, 0.6) is 0 Å². The highest BCUT2D eigenvalue weighted by Crippen LogP contribution is 2.13. The minimum Gasteiger partial charge on any atom is -0.362 e. The summed E-state index contributed by atoms with van der Waals surface area (Å²) < 4.78 is 0. The van der Waals surface area contributed by atoms with E-state index in [4.69, 9.17) is 23.8 Å². The zero-order valence-electron chi connectivity index (χ0n) is 9.88. The van der Waals surface area contributed by atoms with Crippen LogP contribution < -0.4 is 10.6 Å². The Morgan fingerprint density at radius 3 is 2.84 bits per heavy atom. The van der Waals surface area contributed by atoms with E-state index in [-0.39, 0.29) is 5.15 Å². The predicted octanol–water partition coefficient (Wildman–Crippen LogP) is 1.45. The Balaban J connectivity index is 1.78. The summed E-state index contributed by atoms with van der Waals surface area (Å²) in [5, 5.41) is 14.4. The maximum absolute atomic E-state index is 5.86. The quantitative estimate of drug-likeness (QED) is 0.827. The topological polar surface area (TPSA) is 75.6 Å². The SMILES string of the molecule is S=C(NCCc1cccnn1)Nc1nccnc1Cl. The number of nitrogens with one attached hydrogen (secondary N) is 2. The van der Waals surface area contributed by atoms with Gasteiger partial charge in [-0.25, -0.2) is 9.97 Å². The number of hydrogen-bond donors (Lipinski definition) is 2. The van der Waals surface area contributed by atoms with Gasteiger partial charge in [0.05, 0.1) is 5.69 Å². The van der Waals surface area contributed by atoms with Crippen molar-refractivity contribution in [2.75, 3.05) is 11.9 Å². The van der Waals surface area contributed by atoms with Crippen LogP contribution in [0.4, 0.5) is 5.82 Å². The van der Waals surface area contributed by atoms with Crippen molar-refractivity contribution in [2.45, 2.75) is 6.42 Å². The Labute approximate surface area is 120 Å². The molecule has 0 bridgehead atoms. The molecule has 0 saturated heterocycles. The van der Waals surface area contributed by atoms with Gasteiger partial charge in [-0.15, -0.1) is 0 Å². The molecular weight excluding hydrogens is 284 g/mol. The summed E-state index contributed by atoms with van der Waals surface area (Å²) in [6.07, 6.45) is 5.41. The summed E-state index contributed by atoms with van der Waals surface area (Å²) >= 11 is 11.0. The number of rotatable bonds is 4. The van der Waals surface area contributed by atoms with Crippen molar-refractivity contribution < 1.29 is 0 Å². The lowest BCUT2D eigenvalue weighted by molar-refractivity contribution is 0.817. The Morgan fingerprint density at radius 1 is 1.26 bits per heavy atom. The number of aromatic nitrogens is 4. The Hall–Kier alpha value is -1.86. The average Bonchev–Trinajstić information content (AvgIpc) is 2.43. The van der Waals surface area contributed by atoms with Gasteiger partial charge in [0.1, 0.15) is 0 Å². The van der Waals surface area contributed by atoms with Crippen molar-refractivity contribution in [3.8, 4) is 0 Å². The molecule has 0 atom stereocenters. The lowest BCUT2D eigenvalue weighted by Gasteiger charge is -2.09. The van der Waals surface area contributed by atoms with E-state index in [1.54, 1.807) is 6.20 Å². The first-order valence-corrected chi connectivity index (χ1v) is 6.32. The third-order valence-corrected chi connectivity index (χ3v) is 2.70. The lowest BCUT2D eigenvalue weighted by atomic mass is 10.3. The Bertz CT molecular complexity index is 550. The maximum Gasteiger partial charge on any atom is 0.172 e. The molecule has 0 aromatic carbocycles. The predicted molar refractivity (Wildman–Crippen MR) is 77.0 cm³/mol. The number of hydrogen-bond acceptors (Lipinski definition) is 5. The molecule has 0 unspecified atom stereocenters. The third kappa shape index (κ3) is 4.38. The molecule has 8 heteroatoms. The van der Waals surface area contributed by atoms with E-state index in [1.165, 1.54) is 12.4 Å². The molecule has 2 aromatic rings. The fraction of sp³-hybridized carbons (Fsp3) is 0.182. The molecule has 0 aliphatic rings. The van der Waals surface area contributed by atoms with Gasteiger partial charge in [0.2, 0.25) is 0 Å². The molecule has 0 aliphatic carbocycles. The van der Waals surface area contributed by atoms with Crippen LogP contribution in [0.3, 0.4) is 0 Å². The summed E-state index contributed by atoms with van der Waals surface area (Å²) in [5.74, 6) is 0.432. The van der Waals surface area contributed by atoms with E-state index >= 15 is 0 Å². The molecule has 0 spiro atoms. The molecule has 0 fully saturated rings. The molecule has 6 nitrogen and oxygen atoms in total. The summed E-state index contributed by atoms with van der Waals surface area (Å²) in [4.78, 5) is 7.92. The van der Waals surface area contributed by atoms with Crippen molar-refractivity contribution >= 4 is 34.7 Å². The van der Waals surface area contributed by atoms with Crippen LogP contribution in [0.25, 0.3) is 0 Å². The monoisotopic (exact) mass is 294 g/mol. The highest BCUT2D eigenvalue weighted by molar-refractivity contribution is 7.80. The second kappa shape index (κ2) is 6.91. The molecule has 2 rings (SSSR count). The van der Waals surface area contributed by atoms with Gasteiger partial charge in [-0.3, -0.25) is 0 Å². The number of thiocarbonyl (C=S) groups is 1.